The second-order valence-electron chi connectivity index (χ2n) is 15.8. The van der Waals surface area contributed by atoms with E-state index >= 15 is 4.39 Å². The Labute approximate surface area is 344 Å². The molecule has 1 aliphatic heterocycles. The molecule has 0 N–H and O–H groups in total. The summed E-state index contributed by atoms with van der Waals surface area (Å²) < 4.78 is 91.7. The number of halogens is 5. The van der Waals surface area contributed by atoms with Crippen LogP contribution < -0.4 is 14.5 Å². The quantitative estimate of drug-likeness (QED) is 0.0575. The van der Waals surface area contributed by atoms with Gasteiger partial charge in [0.25, 0.3) is 0 Å². The molecule has 4 heterocycles. The first-order chi connectivity index (χ1) is 28.7. The number of anilines is 2. The number of carbonyl (C=O) groups excluding carboxylic acids is 1. The molecule has 1 fully saturated rings. The van der Waals surface area contributed by atoms with Crippen LogP contribution >= 0.6 is 0 Å². The molecule has 3 aromatic heterocycles. The number of alkyl halides is 3. The van der Waals surface area contributed by atoms with Crippen molar-refractivity contribution >= 4 is 42.7 Å². The Bertz CT molecular complexity index is 2420. The maximum atomic E-state index is 15.3. The van der Waals surface area contributed by atoms with Crippen LogP contribution in [0.1, 0.15) is 22.5 Å². The number of imidazole rings is 1. The van der Waals surface area contributed by atoms with Crippen LogP contribution in [0.25, 0.3) is 16.7 Å². The highest BCUT2D eigenvalue weighted by molar-refractivity contribution is 6.76. The summed E-state index contributed by atoms with van der Waals surface area (Å²) in [4.78, 5) is 32.2. The maximum absolute atomic E-state index is 15.3. The molecule has 60 heavy (non-hydrogen) atoms. The number of rotatable bonds is 15. The summed E-state index contributed by atoms with van der Waals surface area (Å²) in [7, 11) is 0.0746. The highest BCUT2D eigenvalue weighted by Gasteiger charge is 2.32. The molecular formula is C41H46F5N9O4Si. The van der Waals surface area contributed by atoms with Gasteiger partial charge in [0.05, 0.1) is 31.8 Å². The zero-order chi connectivity index (χ0) is 42.6. The van der Waals surface area contributed by atoms with Crippen LogP contribution in [0.4, 0.5) is 38.6 Å². The monoisotopic (exact) mass is 851 g/mol. The molecule has 19 heteroatoms. The minimum absolute atomic E-state index is 0.0161. The highest BCUT2D eigenvalue weighted by Crippen LogP contribution is 2.30. The van der Waals surface area contributed by atoms with Gasteiger partial charge in [0.1, 0.15) is 30.4 Å². The first kappa shape index (κ1) is 42.3. The van der Waals surface area contributed by atoms with Crippen molar-refractivity contribution in [2.75, 3.05) is 49.7 Å². The van der Waals surface area contributed by atoms with Gasteiger partial charge in [-0.2, -0.15) is 32.8 Å². The standard InChI is InChI=1S/C41H46F5N9O4Si/c1-57-31-12-10-28(11-13-31)24-53(25-34-48-36-33(15-14-32(42)35(36)43)54(34)27-58-20-21-60(2,3)4)39-50-38(49-37-30(22-41(44,45)46)23-47-55(37)39)51-16-18-52(19-17-51)40(56)59-26-29-8-6-5-7-9-29/h5-15,23H,16-22,24-27H2,1-4H3. The number of hydrogen-bond donors (Lipinski definition) is 0. The third-order valence-electron chi connectivity index (χ3n) is 10.1. The van der Waals surface area contributed by atoms with Gasteiger partial charge in [0, 0.05) is 53.0 Å². The van der Waals surface area contributed by atoms with Crippen molar-refractivity contribution in [3.05, 3.63) is 107 Å². The molecule has 13 nitrogen and oxygen atoms in total. The van der Waals surface area contributed by atoms with Crippen molar-refractivity contribution in [2.24, 2.45) is 0 Å². The molecule has 1 saturated heterocycles. The molecule has 1 amide bonds. The van der Waals surface area contributed by atoms with Crippen LogP contribution in [0.15, 0.2) is 72.9 Å². The van der Waals surface area contributed by atoms with E-state index in [1.165, 1.54) is 10.6 Å². The largest absolute Gasteiger partial charge is 0.497 e. The minimum Gasteiger partial charge on any atom is -0.497 e. The van der Waals surface area contributed by atoms with Crippen molar-refractivity contribution in [2.45, 2.75) is 64.7 Å². The molecule has 0 aliphatic carbocycles. The van der Waals surface area contributed by atoms with Crippen molar-refractivity contribution in [1.82, 2.24) is 34.0 Å². The van der Waals surface area contributed by atoms with Gasteiger partial charge in [-0.15, -0.1) is 0 Å². The predicted molar refractivity (Wildman–Crippen MR) is 218 cm³/mol. The van der Waals surface area contributed by atoms with E-state index in [0.717, 1.165) is 29.4 Å². The summed E-state index contributed by atoms with van der Waals surface area (Å²) >= 11 is 0. The maximum Gasteiger partial charge on any atom is 0.410 e. The van der Waals surface area contributed by atoms with E-state index in [1.54, 1.807) is 38.5 Å². The third-order valence-corrected chi connectivity index (χ3v) is 11.8. The number of piperazine rings is 1. The van der Waals surface area contributed by atoms with E-state index < -0.39 is 38.4 Å². The number of ether oxygens (including phenoxy) is 3. The molecule has 0 atom stereocenters. The number of carbonyl (C=O) groups is 1. The van der Waals surface area contributed by atoms with Gasteiger partial charge >= 0.3 is 12.3 Å². The number of nitrogens with zero attached hydrogens (tertiary/aromatic N) is 9. The predicted octanol–water partition coefficient (Wildman–Crippen LogP) is 7.84. The smallest absolute Gasteiger partial charge is 0.410 e. The number of benzene rings is 3. The fourth-order valence-corrected chi connectivity index (χ4v) is 7.54. The van der Waals surface area contributed by atoms with Gasteiger partial charge in [-0.3, -0.25) is 0 Å². The van der Waals surface area contributed by atoms with E-state index in [-0.39, 0.29) is 87.1 Å². The Morgan fingerprint density at radius 3 is 2.30 bits per heavy atom. The lowest BCUT2D eigenvalue weighted by Crippen LogP contribution is -2.49. The Balaban J connectivity index is 1.26. The van der Waals surface area contributed by atoms with E-state index in [0.29, 0.717) is 17.9 Å². The van der Waals surface area contributed by atoms with Crippen molar-refractivity contribution in [3.8, 4) is 5.75 Å². The lowest BCUT2D eigenvalue weighted by molar-refractivity contribution is -0.127. The lowest BCUT2D eigenvalue weighted by Gasteiger charge is -2.34. The van der Waals surface area contributed by atoms with Crippen molar-refractivity contribution < 1.29 is 41.0 Å². The number of fused-ring (bicyclic) bond motifs is 2. The van der Waals surface area contributed by atoms with Crippen LogP contribution in [0.3, 0.4) is 0 Å². The summed E-state index contributed by atoms with van der Waals surface area (Å²) in [5.41, 5.74) is 1.50. The Morgan fingerprint density at radius 1 is 0.883 bits per heavy atom. The zero-order valence-electron chi connectivity index (χ0n) is 33.8. The molecular weight excluding hydrogens is 806 g/mol. The first-order valence-corrected chi connectivity index (χ1v) is 23.2. The van der Waals surface area contributed by atoms with Gasteiger partial charge in [0.2, 0.25) is 11.9 Å². The highest BCUT2D eigenvalue weighted by atomic mass is 28.3. The SMILES string of the molecule is COc1ccc(CN(Cc2nc3c(F)c(F)ccc3n2COCC[Si](C)(C)C)c2nc(N3CCN(C(=O)OCc4ccccc4)CC3)nc3c(CC(F)(F)F)cnn23)cc1. The Morgan fingerprint density at radius 2 is 1.62 bits per heavy atom. The molecule has 0 spiro atoms. The number of methoxy groups -OCH3 is 1. The van der Waals surface area contributed by atoms with Crippen LogP contribution in [-0.4, -0.2) is 94.3 Å². The number of hydrogen-bond acceptors (Lipinski definition) is 10. The zero-order valence-corrected chi connectivity index (χ0v) is 34.8. The molecule has 1 aliphatic rings. The van der Waals surface area contributed by atoms with Gasteiger partial charge in [0.15, 0.2) is 17.3 Å². The molecule has 6 aromatic rings. The Kier molecular flexibility index (Phi) is 12.6. The first-order valence-electron chi connectivity index (χ1n) is 19.5. The normalized spacial score (nSPS) is 13.7. The molecule has 3 aromatic carbocycles. The number of aromatic nitrogens is 6. The summed E-state index contributed by atoms with van der Waals surface area (Å²) in [6, 6.07) is 19.8. The van der Waals surface area contributed by atoms with Gasteiger partial charge in [-0.1, -0.05) is 62.1 Å². The van der Waals surface area contributed by atoms with E-state index in [2.05, 4.69) is 34.7 Å². The lowest BCUT2D eigenvalue weighted by atomic mass is 10.2. The van der Waals surface area contributed by atoms with Gasteiger partial charge < -0.3 is 33.5 Å². The summed E-state index contributed by atoms with van der Waals surface area (Å²) in [5.74, 6) is -1.04. The molecule has 0 saturated carbocycles. The van der Waals surface area contributed by atoms with Crippen LogP contribution in [-0.2, 0) is 42.3 Å². The van der Waals surface area contributed by atoms with Crippen LogP contribution in [0, 0.1) is 11.6 Å². The summed E-state index contributed by atoms with van der Waals surface area (Å²) in [6.45, 7) is 8.23. The van der Waals surface area contributed by atoms with E-state index in [1.807, 2.05) is 42.5 Å². The fraction of sp³-hybridized carbons (Fsp3) is 0.390. The minimum atomic E-state index is -4.57. The molecule has 0 unspecified atom stereocenters. The molecule has 0 radical (unpaired) electrons. The molecule has 318 valence electrons. The number of amides is 1. The second-order valence-corrected chi connectivity index (χ2v) is 21.4. The molecule has 7 rings (SSSR count). The van der Waals surface area contributed by atoms with Crippen LogP contribution in [0.2, 0.25) is 25.7 Å². The topological polar surface area (TPSA) is 115 Å². The van der Waals surface area contributed by atoms with Crippen LogP contribution in [0.5, 0.6) is 5.75 Å². The third kappa shape index (κ3) is 10.1. The summed E-state index contributed by atoms with van der Waals surface area (Å²) in [5, 5.41) is 4.36. The van der Waals surface area contributed by atoms with E-state index in [4.69, 9.17) is 19.2 Å². The van der Waals surface area contributed by atoms with Gasteiger partial charge in [-0.25, -0.2) is 18.6 Å². The van der Waals surface area contributed by atoms with Crippen molar-refractivity contribution in [1.29, 1.82) is 0 Å². The molecule has 0 bridgehead atoms. The summed E-state index contributed by atoms with van der Waals surface area (Å²) in [6.07, 6.45) is -5.23. The van der Waals surface area contributed by atoms with Gasteiger partial charge in [-0.05, 0) is 41.4 Å². The van der Waals surface area contributed by atoms with Crippen molar-refractivity contribution in [3.63, 3.8) is 0 Å². The van der Waals surface area contributed by atoms with E-state index in [9.17, 15) is 22.4 Å². The average Bonchev–Trinajstić information content (AvgIpc) is 3.79. The fourth-order valence-electron chi connectivity index (χ4n) is 6.78. The average molecular weight is 852 g/mol. The Hall–Kier alpha value is -5.82. The second kappa shape index (κ2) is 17.8.